The summed E-state index contributed by atoms with van der Waals surface area (Å²) in [6.07, 6.45) is -0.0730. The van der Waals surface area contributed by atoms with Gasteiger partial charge in [-0.1, -0.05) is 11.6 Å². The Kier molecular flexibility index (Phi) is 3.58. The molecule has 0 bridgehead atoms. The van der Waals surface area contributed by atoms with Gasteiger partial charge in [-0.05, 0) is 31.0 Å². The van der Waals surface area contributed by atoms with Gasteiger partial charge in [-0.2, -0.15) is 0 Å². The molecule has 0 amide bonds. The van der Waals surface area contributed by atoms with Crippen LogP contribution in [0.15, 0.2) is 6.07 Å². The van der Waals surface area contributed by atoms with Gasteiger partial charge in [-0.15, -0.1) is 0 Å². The second-order valence-corrected chi connectivity index (χ2v) is 3.79. The fourth-order valence-electron chi connectivity index (χ4n) is 1.50. The molecule has 0 aliphatic rings. The van der Waals surface area contributed by atoms with E-state index in [-0.39, 0.29) is 6.42 Å². The molecular formula is C11H13ClO3. The average Bonchev–Trinajstić information content (AvgIpc) is 2.13. The van der Waals surface area contributed by atoms with Crippen molar-refractivity contribution < 1.29 is 14.6 Å². The summed E-state index contributed by atoms with van der Waals surface area (Å²) in [4.78, 5) is 10.7. The molecule has 0 fully saturated rings. The van der Waals surface area contributed by atoms with E-state index in [4.69, 9.17) is 21.4 Å². The number of halogens is 1. The number of benzene rings is 1. The predicted octanol–water partition coefficient (Wildman–Crippen LogP) is 2.59. The molecule has 1 aromatic carbocycles. The molecule has 0 aromatic heterocycles. The van der Waals surface area contributed by atoms with Gasteiger partial charge in [0.05, 0.1) is 18.6 Å². The van der Waals surface area contributed by atoms with E-state index in [1.165, 1.54) is 7.11 Å². The smallest absolute Gasteiger partial charge is 0.307 e. The van der Waals surface area contributed by atoms with E-state index >= 15 is 0 Å². The van der Waals surface area contributed by atoms with Crippen molar-refractivity contribution >= 4 is 17.6 Å². The Balaban J connectivity index is 3.36. The van der Waals surface area contributed by atoms with Gasteiger partial charge in [0.1, 0.15) is 5.75 Å². The van der Waals surface area contributed by atoms with Crippen LogP contribution in [0.1, 0.15) is 16.7 Å². The largest absolute Gasteiger partial charge is 0.495 e. The van der Waals surface area contributed by atoms with Crippen molar-refractivity contribution in [3.05, 3.63) is 27.8 Å². The zero-order valence-corrected chi connectivity index (χ0v) is 9.68. The third-order valence-electron chi connectivity index (χ3n) is 2.41. The Morgan fingerprint density at radius 1 is 1.53 bits per heavy atom. The SMILES string of the molecule is COc1c(Cl)cc(C)c(C)c1CC(=O)O. The van der Waals surface area contributed by atoms with E-state index in [9.17, 15) is 4.79 Å². The van der Waals surface area contributed by atoms with Gasteiger partial charge in [0.2, 0.25) is 0 Å². The first-order chi connectivity index (χ1) is 6.97. The van der Waals surface area contributed by atoms with Crippen molar-refractivity contribution in [2.24, 2.45) is 0 Å². The number of hydrogen-bond acceptors (Lipinski definition) is 2. The van der Waals surface area contributed by atoms with Crippen LogP contribution in [0.3, 0.4) is 0 Å². The summed E-state index contributed by atoms with van der Waals surface area (Å²) in [5, 5.41) is 9.25. The third kappa shape index (κ3) is 2.42. The zero-order chi connectivity index (χ0) is 11.6. The summed E-state index contributed by atoms with van der Waals surface area (Å²) in [6, 6.07) is 1.78. The summed E-state index contributed by atoms with van der Waals surface area (Å²) in [5.41, 5.74) is 2.53. The standard InChI is InChI=1S/C11H13ClO3/c1-6-4-9(12)11(15-3)8(7(6)2)5-10(13)14/h4H,5H2,1-3H3,(H,13,14). The quantitative estimate of drug-likeness (QED) is 0.865. The highest BCUT2D eigenvalue weighted by Crippen LogP contribution is 2.33. The van der Waals surface area contributed by atoms with Crippen LogP contribution < -0.4 is 4.74 Å². The number of carboxylic acids is 1. The maximum absolute atomic E-state index is 10.7. The van der Waals surface area contributed by atoms with Crippen LogP contribution in [0.4, 0.5) is 0 Å². The molecule has 15 heavy (non-hydrogen) atoms. The number of aryl methyl sites for hydroxylation is 1. The van der Waals surface area contributed by atoms with Gasteiger partial charge in [-0.3, -0.25) is 4.79 Å². The van der Waals surface area contributed by atoms with Crippen LogP contribution in [-0.2, 0) is 11.2 Å². The van der Waals surface area contributed by atoms with Crippen molar-refractivity contribution in [3.63, 3.8) is 0 Å². The van der Waals surface area contributed by atoms with Crippen LogP contribution in [0.25, 0.3) is 0 Å². The van der Waals surface area contributed by atoms with Crippen molar-refractivity contribution in [1.29, 1.82) is 0 Å². The molecule has 1 aromatic rings. The van der Waals surface area contributed by atoms with Crippen LogP contribution in [0, 0.1) is 13.8 Å². The number of carboxylic acid groups (broad SMARTS) is 1. The lowest BCUT2D eigenvalue weighted by Gasteiger charge is -2.14. The minimum absolute atomic E-state index is 0.0730. The van der Waals surface area contributed by atoms with E-state index in [1.807, 2.05) is 13.8 Å². The van der Waals surface area contributed by atoms with Crippen molar-refractivity contribution in [1.82, 2.24) is 0 Å². The predicted molar refractivity (Wildman–Crippen MR) is 58.8 cm³/mol. The molecule has 1 rings (SSSR count). The maximum atomic E-state index is 10.7. The molecule has 0 saturated carbocycles. The van der Waals surface area contributed by atoms with Crippen LogP contribution >= 0.6 is 11.6 Å². The van der Waals surface area contributed by atoms with E-state index in [0.29, 0.717) is 16.3 Å². The summed E-state index contributed by atoms with van der Waals surface area (Å²) >= 11 is 5.97. The normalized spacial score (nSPS) is 10.1. The minimum Gasteiger partial charge on any atom is -0.495 e. The summed E-state index contributed by atoms with van der Waals surface area (Å²) in [7, 11) is 1.49. The number of methoxy groups -OCH3 is 1. The summed E-state index contributed by atoms with van der Waals surface area (Å²) < 4.78 is 5.12. The monoisotopic (exact) mass is 228 g/mol. The minimum atomic E-state index is -0.891. The Hall–Kier alpha value is -1.22. The van der Waals surface area contributed by atoms with Gasteiger partial charge >= 0.3 is 5.97 Å². The van der Waals surface area contributed by atoms with E-state index in [2.05, 4.69) is 0 Å². The molecule has 0 saturated heterocycles. The van der Waals surface area contributed by atoms with Crippen LogP contribution in [0.5, 0.6) is 5.75 Å². The molecule has 0 unspecified atom stereocenters. The fraction of sp³-hybridized carbons (Fsp3) is 0.364. The Morgan fingerprint density at radius 3 is 2.60 bits per heavy atom. The molecule has 0 atom stereocenters. The number of ether oxygens (including phenoxy) is 1. The first-order valence-corrected chi connectivity index (χ1v) is 4.89. The highest BCUT2D eigenvalue weighted by molar-refractivity contribution is 6.32. The maximum Gasteiger partial charge on any atom is 0.307 e. The molecule has 0 aliphatic carbocycles. The second-order valence-electron chi connectivity index (χ2n) is 3.38. The lowest BCUT2D eigenvalue weighted by Crippen LogP contribution is -2.06. The van der Waals surface area contributed by atoms with Crippen molar-refractivity contribution in [3.8, 4) is 5.75 Å². The van der Waals surface area contributed by atoms with Gasteiger partial charge in [0.25, 0.3) is 0 Å². The lowest BCUT2D eigenvalue weighted by atomic mass is 10.00. The van der Waals surface area contributed by atoms with Gasteiger partial charge in [0, 0.05) is 5.56 Å². The van der Waals surface area contributed by atoms with E-state index < -0.39 is 5.97 Å². The highest BCUT2D eigenvalue weighted by atomic mass is 35.5. The third-order valence-corrected chi connectivity index (χ3v) is 2.69. The zero-order valence-electron chi connectivity index (χ0n) is 8.93. The van der Waals surface area contributed by atoms with E-state index in [1.54, 1.807) is 6.07 Å². The van der Waals surface area contributed by atoms with Gasteiger partial charge in [-0.25, -0.2) is 0 Å². The molecule has 0 heterocycles. The summed E-state index contributed by atoms with van der Waals surface area (Å²) in [6.45, 7) is 3.76. The highest BCUT2D eigenvalue weighted by Gasteiger charge is 2.15. The second kappa shape index (κ2) is 4.53. The van der Waals surface area contributed by atoms with Crippen LogP contribution in [0.2, 0.25) is 5.02 Å². The summed E-state index contributed by atoms with van der Waals surface area (Å²) in [5.74, 6) is -0.430. The molecule has 3 nitrogen and oxygen atoms in total. The number of hydrogen-bond donors (Lipinski definition) is 1. The average molecular weight is 229 g/mol. The Bertz CT molecular complexity index is 399. The Morgan fingerprint density at radius 2 is 2.13 bits per heavy atom. The number of carbonyl (C=O) groups is 1. The molecule has 0 radical (unpaired) electrons. The molecule has 82 valence electrons. The molecular weight excluding hydrogens is 216 g/mol. The topological polar surface area (TPSA) is 46.5 Å². The fourth-order valence-corrected chi connectivity index (χ4v) is 1.86. The van der Waals surface area contributed by atoms with E-state index in [0.717, 1.165) is 11.1 Å². The number of rotatable bonds is 3. The van der Waals surface area contributed by atoms with Gasteiger partial charge in [0.15, 0.2) is 0 Å². The Labute approximate surface area is 93.6 Å². The molecule has 4 heteroatoms. The van der Waals surface area contributed by atoms with Crippen molar-refractivity contribution in [2.75, 3.05) is 7.11 Å². The van der Waals surface area contributed by atoms with Gasteiger partial charge < -0.3 is 9.84 Å². The van der Waals surface area contributed by atoms with Crippen LogP contribution in [-0.4, -0.2) is 18.2 Å². The number of aliphatic carboxylic acids is 1. The molecule has 0 aliphatic heterocycles. The first kappa shape index (κ1) is 11.9. The molecule has 0 spiro atoms. The first-order valence-electron chi connectivity index (χ1n) is 4.51. The van der Waals surface area contributed by atoms with Crippen molar-refractivity contribution in [2.45, 2.75) is 20.3 Å². The molecule has 1 N–H and O–H groups in total. The lowest BCUT2D eigenvalue weighted by molar-refractivity contribution is -0.136.